The third kappa shape index (κ3) is 5.38. The fourth-order valence-electron chi connectivity index (χ4n) is 2.49. The van der Waals surface area contributed by atoms with Gasteiger partial charge in [0.15, 0.2) is 5.16 Å². The number of allylic oxidation sites excluding steroid dienone is 1. The van der Waals surface area contributed by atoms with Crippen molar-refractivity contribution in [2.45, 2.75) is 62.0 Å². The highest BCUT2D eigenvalue weighted by atomic mass is 32.2. The number of nitrogens with zero attached hydrogens (tertiary/aromatic N) is 3. The van der Waals surface area contributed by atoms with Gasteiger partial charge in [0, 0.05) is 12.6 Å². The van der Waals surface area contributed by atoms with Gasteiger partial charge in [0.25, 0.3) is 0 Å². The molecule has 1 aromatic heterocycles. The van der Waals surface area contributed by atoms with Crippen LogP contribution >= 0.6 is 11.8 Å². The highest BCUT2D eigenvalue weighted by Gasteiger charge is 2.21. The molecule has 23 heavy (non-hydrogen) atoms. The fraction of sp³-hybridized carbons (Fsp3) is 0.600. The van der Waals surface area contributed by atoms with E-state index in [0.717, 1.165) is 25.7 Å². The molecular formula is C15H23N5O2S. The van der Waals surface area contributed by atoms with Gasteiger partial charge in [-0.2, -0.15) is 0 Å². The fourth-order valence-corrected chi connectivity index (χ4v) is 3.33. The molecule has 1 fully saturated rings. The lowest BCUT2D eigenvalue weighted by molar-refractivity contribution is -0.119. The van der Waals surface area contributed by atoms with Crippen LogP contribution in [0.2, 0.25) is 0 Å². The van der Waals surface area contributed by atoms with Crippen LogP contribution in [0.4, 0.5) is 4.79 Å². The molecule has 1 heterocycles. The molecule has 0 unspecified atom stereocenters. The Balaban J connectivity index is 1.80. The van der Waals surface area contributed by atoms with E-state index in [1.54, 1.807) is 23.9 Å². The number of aromatic nitrogens is 3. The van der Waals surface area contributed by atoms with Crippen LogP contribution in [-0.2, 0) is 11.3 Å². The Bertz CT molecular complexity index is 554. The highest BCUT2D eigenvalue weighted by Crippen LogP contribution is 2.21. The predicted octanol–water partition coefficient (Wildman–Crippen LogP) is 2.10. The third-order valence-corrected chi connectivity index (χ3v) is 4.83. The second-order valence-electron chi connectivity index (χ2n) is 5.61. The van der Waals surface area contributed by atoms with Crippen molar-refractivity contribution in [1.29, 1.82) is 0 Å². The van der Waals surface area contributed by atoms with Crippen LogP contribution in [0, 0.1) is 0 Å². The molecule has 1 aromatic rings. The second kappa shape index (κ2) is 8.71. The van der Waals surface area contributed by atoms with Gasteiger partial charge in [0.1, 0.15) is 6.33 Å². The van der Waals surface area contributed by atoms with Crippen LogP contribution < -0.4 is 10.6 Å². The van der Waals surface area contributed by atoms with Crippen molar-refractivity contribution in [3.8, 4) is 0 Å². The molecular weight excluding hydrogens is 314 g/mol. The van der Waals surface area contributed by atoms with Crippen molar-refractivity contribution >= 4 is 23.7 Å². The number of thioether (sulfide) groups is 1. The lowest BCUT2D eigenvalue weighted by atomic mass is 9.96. The van der Waals surface area contributed by atoms with Crippen molar-refractivity contribution in [3.05, 3.63) is 19.0 Å². The van der Waals surface area contributed by atoms with Gasteiger partial charge in [-0.25, -0.2) is 4.79 Å². The zero-order valence-electron chi connectivity index (χ0n) is 13.3. The van der Waals surface area contributed by atoms with Crippen LogP contribution in [0.1, 0.15) is 39.0 Å². The molecule has 1 atom stereocenters. The molecule has 0 aromatic carbocycles. The van der Waals surface area contributed by atoms with Gasteiger partial charge in [-0.3, -0.25) is 10.1 Å². The number of carbonyl (C=O) groups excluding carboxylic acids is 2. The molecule has 1 aliphatic carbocycles. The minimum absolute atomic E-state index is 0.176. The monoisotopic (exact) mass is 337 g/mol. The van der Waals surface area contributed by atoms with Crippen molar-refractivity contribution in [2.75, 3.05) is 0 Å². The maximum absolute atomic E-state index is 12.1. The van der Waals surface area contributed by atoms with E-state index < -0.39 is 11.3 Å². The normalized spacial score (nSPS) is 16.6. The first-order chi connectivity index (χ1) is 11.1. The van der Waals surface area contributed by atoms with Gasteiger partial charge in [-0.15, -0.1) is 16.8 Å². The van der Waals surface area contributed by atoms with Crippen molar-refractivity contribution in [3.63, 3.8) is 0 Å². The Morgan fingerprint density at radius 3 is 2.91 bits per heavy atom. The van der Waals surface area contributed by atoms with Crippen LogP contribution in [0.5, 0.6) is 0 Å². The van der Waals surface area contributed by atoms with Gasteiger partial charge in [0.05, 0.1) is 5.25 Å². The van der Waals surface area contributed by atoms with E-state index in [2.05, 4.69) is 27.4 Å². The van der Waals surface area contributed by atoms with E-state index in [9.17, 15) is 9.59 Å². The summed E-state index contributed by atoms with van der Waals surface area (Å²) in [5.41, 5.74) is 0. The quantitative estimate of drug-likeness (QED) is 0.613. The number of hydrogen-bond acceptors (Lipinski definition) is 5. The number of nitrogens with one attached hydrogen (secondary N) is 2. The van der Waals surface area contributed by atoms with E-state index in [-0.39, 0.29) is 11.9 Å². The summed E-state index contributed by atoms with van der Waals surface area (Å²) in [6, 6.07) is -0.239. The largest absolute Gasteiger partial charge is 0.335 e. The number of carbonyl (C=O) groups is 2. The molecule has 0 aliphatic heterocycles. The average molecular weight is 337 g/mol. The first kappa shape index (κ1) is 17.5. The number of rotatable bonds is 6. The van der Waals surface area contributed by atoms with Gasteiger partial charge in [-0.1, -0.05) is 37.1 Å². The van der Waals surface area contributed by atoms with E-state index in [0.29, 0.717) is 11.7 Å². The summed E-state index contributed by atoms with van der Waals surface area (Å²) >= 11 is 1.26. The molecule has 0 radical (unpaired) electrons. The molecule has 0 saturated heterocycles. The molecule has 2 N–H and O–H groups in total. The minimum atomic E-state index is -0.445. The number of imide groups is 1. The van der Waals surface area contributed by atoms with Crippen molar-refractivity contribution in [1.82, 2.24) is 25.4 Å². The lowest BCUT2D eigenvalue weighted by Crippen LogP contribution is -2.47. The molecule has 7 nitrogen and oxygen atoms in total. The SMILES string of the molecule is C=CCn1cnnc1S[C@@H](C)C(=O)NC(=O)NC1CCCCC1. The Morgan fingerprint density at radius 2 is 2.22 bits per heavy atom. The topological polar surface area (TPSA) is 88.9 Å². The maximum atomic E-state index is 12.1. The van der Waals surface area contributed by atoms with Gasteiger partial charge >= 0.3 is 6.03 Å². The van der Waals surface area contributed by atoms with Gasteiger partial charge in [-0.05, 0) is 19.8 Å². The average Bonchev–Trinajstić information content (AvgIpc) is 2.95. The maximum Gasteiger partial charge on any atom is 0.321 e. The Labute approximate surface area is 140 Å². The van der Waals surface area contributed by atoms with Crippen LogP contribution in [0.15, 0.2) is 24.1 Å². The first-order valence-electron chi connectivity index (χ1n) is 7.87. The molecule has 8 heteroatoms. The summed E-state index contributed by atoms with van der Waals surface area (Å²) in [7, 11) is 0. The standard InChI is InChI=1S/C15H23N5O2S/c1-3-9-20-10-16-19-15(20)23-11(2)13(21)18-14(22)17-12-7-5-4-6-8-12/h3,10-12H,1,4-9H2,2H3,(H2,17,18,21,22)/t11-/m0/s1. The summed E-state index contributed by atoms with van der Waals surface area (Å²) in [4.78, 5) is 24.0. The van der Waals surface area contributed by atoms with E-state index in [1.165, 1.54) is 18.2 Å². The summed E-state index contributed by atoms with van der Waals surface area (Å²) in [5, 5.41) is 13.3. The summed E-state index contributed by atoms with van der Waals surface area (Å²) in [5.74, 6) is -0.337. The molecule has 0 spiro atoms. The minimum Gasteiger partial charge on any atom is -0.335 e. The number of amides is 3. The van der Waals surface area contributed by atoms with Crippen molar-refractivity contribution < 1.29 is 9.59 Å². The predicted molar refractivity (Wildman–Crippen MR) is 89.1 cm³/mol. The van der Waals surface area contributed by atoms with Crippen LogP contribution in [0.25, 0.3) is 0 Å². The van der Waals surface area contributed by atoms with Crippen LogP contribution in [-0.4, -0.2) is 38.0 Å². The van der Waals surface area contributed by atoms with Crippen molar-refractivity contribution in [2.24, 2.45) is 0 Å². The van der Waals surface area contributed by atoms with E-state index >= 15 is 0 Å². The summed E-state index contributed by atoms with van der Waals surface area (Å²) < 4.78 is 1.80. The molecule has 3 amide bonds. The van der Waals surface area contributed by atoms with Crippen LogP contribution in [0.3, 0.4) is 0 Å². The molecule has 126 valence electrons. The highest BCUT2D eigenvalue weighted by molar-refractivity contribution is 8.00. The molecule has 1 aliphatic rings. The number of hydrogen-bond donors (Lipinski definition) is 2. The zero-order chi connectivity index (χ0) is 16.7. The second-order valence-corrected chi connectivity index (χ2v) is 6.92. The Hall–Kier alpha value is -1.83. The lowest BCUT2D eigenvalue weighted by Gasteiger charge is -2.23. The molecule has 1 saturated carbocycles. The van der Waals surface area contributed by atoms with Gasteiger partial charge < -0.3 is 9.88 Å². The number of urea groups is 1. The third-order valence-electron chi connectivity index (χ3n) is 3.73. The van der Waals surface area contributed by atoms with E-state index in [1.807, 2.05) is 0 Å². The molecule has 2 rings (SSSR count). The molecule has 0 bridgehead atoms. The smallest absolute Gasteiger partial charge is 0.321 e. The summed E-state index contributed by atoms with van der Waals surface area (Å²) in [6.07, 6.45) is 8.76. The Kier molecular flexibility index (Phi) is 6.64. The van der Waals surface area contributed by atoms with E-state index in [4.69, 9.17) is 0 Å². The summed E-state index contributed by atoms with van der Waals surface area (Å²) in [6.45, 7) is 5.98. The zero-order valence-corrected chi connectivity index (χ0v) is 14.1. The first-order valence-corrected chi connectivity index (χ1v) is 8.75. The van der Waals surface area contributed by atoms with Gasteiger partial charge in [0.2, 0.25) is 5.91 Å². The Morgan fingerprint density at radius 1 is 1.48 bits per heavy atom.